The second-order valence-corrected chi connectivity index (χ2v) is 3.59. The first-order valence-electron chi connectivity index (χ1n) is 5.08. The van der Waals surface area contributed by atoms with Crippen molar-refractivity contribution >= 4 is 23.2 Å². The Labute approximate surface area is 107 Å². The molecule has 1 aromatic rings. The molecule has 1 N–H and O–H groups in total. The lowest BCUT2D eigenvalue weighted by Gasteiger charge is -2.14. The van der Waals surface area contributed by atoms with Gasteiger partial charge in [0.1, 0.15) is 11.6 Å². The van der Waals surface area contributed by atoms with Crippen LogP contribution in [0.25, 0.3) is 0 Å². The Kier molecular flexibility index (Phi) is 4.84. The summed E-state index contributed by atoms with van der Waals surface area (Å²) in [7, 11) is 0. The third-order valence-corrected chi connectivity index (χ3v) is 2.25. The molecule has 7 heteroatoms. The smallest absolute Gasteiger partial charge is 0.418 e. The van der Waals surface area contributed by atoms with Crippen LogP contribution in [0.5, 0.6) is 5.75 Å². The molecule has 18 heavy (non-hydrogen) atoms. The number of rotatable bonds is 4. The SMILES string of the molecule is CCOc1ccc(C(F)(F)F)c(NC(=O)CCl)c1. The summed E-state index contributed by atoms with van der Waals surface area (Å²) in [5.74, 6) is -0.887. The zero-order valence-electron chi connectivity index (χ0n) is 9.47. The van der Waals surface area contributed by atoms with Crippen molar-refractivity contribution < 1.29 is 22.7 Å². The number of hydrogen-bond donors (Lipinski definition) is 1. The molecule has 0 spiro atoms. The van der Waals surface area contributed by atoms with Crippen molar-refractivity contribution in [3.05, 3.63) is 23.8 Å². The number of amides is 1. The number of alkyl halides is 4. The van der Waals surface area contributed by atoms with E-state index in [9.17, 15) is 18.0 Å². The van der Waals surface area contributed by atoms with Crippen LogP contribution in [-0.4, -0.2) is 18.4 Å². The number of carbonyl (C=O) groups excluding carboxylic acids is 1. The predicted molar refractivity (Wildman–Crippen MR) is 62.0 cm³/mol. The van der Waals surface area contributed by atoms with Gasteiger partial charge < -0.3 is 10.1 Å². The van der Waals surface area contributed by atoms with E-state index in [0.717, 1.165) is 12.1 Å². The second-order valence-electron chi connectivity index (χ2n) is 3.32. The highest BCUT2D eigenvalue weighted by atomic mass is 35.5. The molecule has 0 aliphatic rings. The Balaban J connectivity index is 3.13. The average molecular weight is 282 g/mol. The number of hydrogen-bond acceptors (Lipinski definition) is 2. The number of benzene rings is 1. The molecule has 1 amide bonds. The summed E-state index contributed by atoms with van der Waals surface area (Å²) < 4.78 is 43.2. The molecule has 0 bridgehead atoms. The van der Waals surface area contributed by atoms with Gasteiger partial charge in [-0.25, -0.2) is 0 Å². The van der Waals surface area contributed by atoms with Crippen LogP contribution in [0.1, 0.15) is 12.5 Å². The quantitative estimate of drug-likeness (QED) is 0.860. The molecular weight excluding hydrogens is 271 g/mol. The van der Waals surface area contributed by atoms with Gasteiger partial charge in [0.25, 0.3) is 0 Å². The summed E-state index contributed by atoms with van der Waals surface area (Å²) in [5, 5.41) is 2.09. The van der Waals surface area contributed by atoms with Crippen molar-refractivity contribution in [2.45, 2.75) is 13.1 Å². The van der Waals surface area contributed by atoms with Gasteiger partial charge in [-0.1, -0.05) is 0 Å². The van der Waals surface area contributed by atoms with Crippen LogP contribution in [0.4, 0.5) is 18.9 Å². The standard InChI is InChI=1S/C11H11ClF3NO2/c1-2-18-7-3-4-8(11(13,14)15)9(5-7)16-10(17)6-12/h3-5H,2,6H2,1H3,(H,16,17). The fourth-order valence-corrected chi connectivity index (χ4v) is 1.38. The Bertz CT molecular complexity index is 435. The Hall–Kier alpha value is -1.43. The third-order valence-electron chi connectivity index (χ3n) is 2.00. The van der Waals surface area contributed by atoms with E-state index in [1.54, 1.807) is 6.92 Å². The lowest BCUT2D eigenvalue weighted by molar-refractivity contribution is -0.137. The van der Waals surface area contributed by atoms with Gasteiger partial charge in [-0.15, -0.1) is 11.6 Å². The van der Waals surface area contributed by atoms with Gasteiger partial charge in [-0.3, -0.25) is 4.79 Å². The Morgan fingerprint density at radius 1 is 1.44 bits per heavy atom. The summed E-state index contributed by atoms with van der Waals surface area (Å²) in [6.45, 7) is 2.02. The van der Waals surface area contributed by atoms with Crippen LogP contribution >= 0.6 is 11.6 Å². The molecule has 1 aromatic carbocycles. The van der Waals surface area contributed by atoms with E-state index in [0.29, 0.717) is 6.61 Å². The molecule has 100 valence electrons. The minimum atomic E-state index is -4.56. The van der Waals surface area contributed by atoms with Gasteiger partial charge in [0.05, 0.1) is 17.9 Å². The van der Waals surface area contributed by atoms with Crippen LogP contribution in [-0.2, 0) is 11.0 Å². The third kappa shape index (κ3) is 3.80. The highest BCUT2D eigenvalue weighted by Gasteiger charge is 2.34. The highest BCUT2D eigenvalue weighted by molar-refractivity contribution is 6.29. The van der Waals surface area contributed by atoms with Crippen molar-refractivity contribution in [3.63, 3.8) is 0 Å². The molecule has 1 rings (SSSR count). The van der Waals surface area contributed by atoms with Gasteiger partial charge in [0, 0.05) is 6.07 Å². The predicted octanol–water partition coefficient (Wildman–Crippen LogP) is 3.28. The van der Waals surface area contributed by atoms with Crippen molar-refractivity contribution in [3.8, 4) is 5.75 Å². The maximum absolute atomic E-state index is 12.7. The van der Waals surface area contributed by atoms with E-state index in [2.05, 4.69) is 5.32 Å². The monoisotopic (exact) mass is 281 g/mol. The minimum absolute atomic E-state index is 0.246. The van der Waals surface area contributed by atoms with Crippen molar-refractivity contribution in [1.29, 1.82) is 0 Å². The Morgan fingerprint density at radius 3 is 2.61 bits per heavy atom. The zero-order chi connectivity index (χ0) is 13.8. The maximum atomic E-state index is 12.7. The molecule has 0 saturated heterocycles. The lowest BCUT2D eigenvalue weighted by atomic mass is 10.1. The highest BCUT2D eigenvalue weighted by Crippen LogP contribution is 2.36. The van der Waals surface area contributed by atoms with Crippen LogP contribution in [0.2, 0.25) is 0 Å². The van der Waals surface area contributed by atoms with E-state index < -0.39 is 23.5 Å². The van der Waals surface area contributed by atoms with E-state index in [1.165, 1.54) is 6.07 Å². The first-order chi connectivity index (χ1) is 8.38. The summed E-state index contributed by atoms with van der Waals surface area (Å²) in [4.78, 5) is 11.1. The van der Waals surface area contributed by atoms with Gasteiger partial charge in [-0.2, -0.15) is 13.2 Å². The molecule has 0 aliphatic carbocycles. The molecule has 0 radical (unpaired) electrons. The van der Waals surface area contributed by atoms with Crippen LogP contribution < -0.4 is 10.1 Å². The molecule has 0 heterocycles. The molecule has 0 unspecified atom stereocenters. The van der Waals surface area contributed by atoms with Crippen molar-refractivity contribution in [2.75, 3.05) is 17.8 Å². The van der Waals surface area contributed by atoms with Gasteiger partial charge >= 0.3 is 6.18 Å². The normalized spacial score (nSPS) is 11.2. The van der Waals surface area contributed by atoms with E-state index in [4.69, 9.17) is 16.3 Å². The molecule has 0 atom stereocenters. The number of halogens is 4. The molecule has 0 fully saturated rings. The number of carbonyl (C=O) groups is 1. The molecule has 0 saturated carbocycles. The summed E-state index contributed by atoms with van der Waals surface area (Å²) in [6, 6.07) is 3.17. The largest absolute Gasteiger partial charge is 0.494 e. The van der Waals surface area contributed by atoms with Crippen LogP contribution in [0, 0.1) is 0 Å². The number of nitrogens with one attached hydrogen (secondary N) is 1. The Morgan fingerprint density at radius 2 is 2.11 bits per heavy atom. The van der Waals surface area contributed by atoms with E-state index in [-0.39, 0.29) is 11.4 Å². The summed E-state index contributed by atoms with van der Waals surface area (Å²) >= 11 is 5.24. The first kappa shape index (κ1) is 14.6. The van der Waals surface area contributed by atoms with E-state index >= 15 is 0 Å². The van der Waals surface area contributed by atoms with Gasteiger partial charge in [-0.05, 0) is 19.1 Å². The lowest BCUT2D eigenvalue weighted by Crippen LogP contribution is -2.17. The van der Waals surface area contributed by atoms with Crippen molar-refractivity contribution in [2.24, 2.45) is 0 Å². The summed E-state index contributed by atoms with van der Waals surface area (Å²) in [5.41, 5.74) is -1.30. The fraction of sp³-hybridized carbons (Fsp3) is 0.364. The van der Waals surface area contributed by atoms with Crippen molar-refractivity contribution in [1.82, 2.24) is 0 Å². The van der Waals surface area contributed by atoms with E-state index in [1.807, 2.05) is 0 Å². The second kappa shape index (κ2) is 5.95. The average Bonchev–Trinajstić information content (AvgIpc) is 2.28. The maximum Gasteiger partial charge on any atom is 0.418 e. The number of ether oxygens (including phenoxy) is 1. The molecular formula is C11H11ClF3NO2. The zero-order valence-corrected chi connectivity index (χ0v) is 10.2. The first-order valence-corrected chi connectivity index (χ1v) is 5.61. The van der Waals surface area contributed by atoms with Gasteiger partial charge in [0.15, 0.2) is 0 Å². The number of anilines is 1. The molecule has 0 aromatic heterocycles. The fourth-order valence-electron chi connectivity index (χ4n) is 1.31. The molecule has 3 nitrogen and oxygen atoms in total. The van der Waals surface area contributed by atoms with Gasteiger partial charge in [0.2, 0.25) is 5.91 Å². The molecule has 0 aliphatic heterocycles. The van der Waals surface area contributed by atoms with Crippen LogP contribution in [0.15, 0.2) is 18.2 Å². The summed E-state index contributed by atoms with van der Waals surface area (Å²) in [6.07, 6.45) is -4.56. The van der Waals surface area contributed by atoms with Crippen LogP contribution in [0.3, 0.4) is 0 Å². The minimum Gasteiger partial charge on any atom is -0.494 e. The topological polar surface area (TPSA) is 38.3 Å².